The summed E-state index contributed by atoms with van der Waals surface area (Å²) in [6.07, 6.45) is 0. The number of benzene rings is 4. The fourth-order valence-electron chi connectivity index (χ4n) is 3.58. The molecule has 0 atom stereocenters. The van der Waals surface area contributed by atoms with E-state index in [9.17, 15) is 4.79 Å². The van der Waals surface area contributed by atoms with Gasteiger partial charge in [-0.1, -0.05) is 42.5 Å². The monoisotopic (exact) mass is 447 g/mol. The molecule has 1 aromatic heterocycles. The van der Waals surface area contributed by atoms with E-state index in [1.54, 1.807) is 43.5 Å². The molecule has 5 aromatic rings. The Hall–Kier alpha value is -4.64. The van der Waals surface area contributed by atoms with Crippen LogP contribution in [-0.2, 0) is 0 Å². The normalized spacial score (nSPS) is 11.4. The van der Waals surface area contributed by atoms with Crippen LogP contribution in [0.5, 0.6) is 11.5 Å². The van der Waals surface area contributed by atoms with Crippen LogP contribution in [0.25, 0.3) is 22.3 Å². The van der Waals surface area contributed by atoms with Crippen molar-refractivity contribution >= 4 is 22.6 Å². The van der Waals surface area contributed by atoms with Crippen molar-refractivity contribution in [3.63, 3.8) is 0 Å². The molecule has 5 rings (SSSR count). The number of rotatable bonds is 5. The maximum absolute atomic E-state index is 12.4. The molecule has 0 unspecified atom stereocenters. The molecule has 4 aromatic carbocycles. The van der Waals surface area contributed by atoms with Crippen LogP contribution in [-0.4, -0.2) is 13.1 Å². The van der Waals surface area contributed by atoms with Gasteiger partial charge in [0.15, 0.2) is 0 Å². The molecule has 0 aliphatic rings. The smallest absolute Gasteiger partial charge is 0.343 e. The lowest BCUT2D eigenvalue weighted by molar-refractivity contribution is 0.0734. The molecule has 0 radical (unpaired) electrons. The van der Waals surface area contributed by atoms with Crippen molar-refractivity contribution in [3.05, 3.63) is 120 Å². The molecule has 0 bridgehead atoms. The van der Waals surface area contributed by atoms with E-state index in [-0.39, 0.29) is 0 Å². The highest BCUT2D eigenvalue weighted by Gasteiger charge is 2.09. The van der Waals surface area contributed by atoms with E-state index in [1.165, 1.54) is 0 Å². The zero-order chi connectivity index (χ0) is 23.3. The third-order valence-corrected chi connectivity index (χ3v) is 5.33. The van der Waals surface area contributed by atoms with Gasteiger partial charge in [-0.2, -0.15) is 0 Å². The Labute approximate surface area is 196 Å². The van der Waals surface area contributed by atoms with Gasteiger partial charge in [-0.3, -0.25) is 0 Å². The lowest BCUT2D eigenvalue weighted by Crippen LogP contribution is -2.08. The van der Waals surface area contributed by atoms with Gasteiger partial charge in [-0.05, 0) is 60.7 Å². The molecular weight excluding hydrogens is 426 g/mol. The summed E-state index contributed by atoms with van der Waals surface area (Å²) in [5.41, 5.74) is 2.92. The molecule has 34 heavy (non-hydrogen) atoms. The molecule has 0 amide bonds. The molecule has 0 fully saturated rings. The van der Waals surface area contributed by atoms with Crippen LogP contribution in [0.15, 0.2) is 119 Å². The summed E-state index contributed by atoms with van der Waals surface area (Å²) in [4.78, 5) is 17.2. The molecule has 0 saturated carbocycles. The Balaban J connectivity index is 1.44. The third-order valence-electron chi connectivity index (χ3n) is 5.33. The molecular formula is C29H21NO4. The summed E-state index contributed by atoms with van der Waals surface area (Å²) >= 11 is 0. The highest BCUT2D eigenvalue weighted by Crippen LogP contribution is 2.24. The number of carbonyl (C=O) groups excluding carboxylic acids is 1. The number of ether oxygens (including phenoxy) is 2. The Morgan fingerprint density at radius 1 is 0.765 bits per heavy atom. The average Bonchev–Trinajstić information content (AvgIpc) is 2.90. The predicted octanol–water partition coefficient (Wildman–Crippen LogP) is 6.56. The summed E-state index contributed by atoms with van der Waals surface area (Å²) < 4.78 is 16.7. The number of hydrogen-bond acceptors (Lipinski definition) is 5. The van der Waals surface area contributed by atoms with Crippen LogP contribution in [0.1, 0.15) is 10.4 Å². The number of hydrogen-bond donors (Lipinski definition) is 0. The van der Waals surface area contributed by atoms with E-state index < -0.39 is 5.97 Å². The third kappa shape index (κ3) is 4.59. The maximum Gasteiger partial charge on any atom is 0.343 e. The highest BCUT2D eigenvalue weighted by atomic mass is 16.5. The number of esters is 1. The van der Waals surface area contributed by atoms with Gasteiger partial charge in [0.2, 0.25) is 0 Å². The quantitative estimate of drug-likeness (QED) is 0.226. The summed E-state index contributed by atoms with van der Waals surface area (Å²) in [7, 11) is 1.58. The Bertz CT molecular complexity index is 1500. The summed E-state index contributed by atoms with van der Waals surface area (Å²) in [5.74, 6) is 1.43. The number of nitrogens with zero attached hydrogens (tertiary/aromatic N) is 1. The lowest BCUT2D eigenvalue weighted by atomic mass is 10.1. The fourth-order valence-corrected chi connectivity index (χ4v) is 3.58. The van der Waals surface area contributed by atoms with Gasteiger partial charge in [-0.25, -0.2) is 9.79 Å². The van der Waals surface area contributed by atoms with E-state index in [0.29, 0.717) is 17.1 Å². The Morgan fingerprint density at radius 2 is 1.44 bits per heavy atom. The molecule has 0 N–H and O–H groups in total. The van der Waals surface area contributed by atoms with Crippen LogP contribution < -0.4 is 14.8 Å². The molecule has 0 aliphatic heterocycles. The minimum Gasteiger partial charge on any atom is -0.497 e. The molecule has 0 aliphatic carbocycles. The van der Waals surface area contributed by atoms with Crippen molar-refractivity contribution in [1.29, 1.82) is 0 Å². The molecule has 1 heterocycles. The molecule has 166 valence electrons. The van der Waals surface area contributed by atoms with Crippen LogP contribution in [0.4, 0.5) is 5.69 Å². The largest absolute Gasteiger partial charge is 0.497 e. The summed E-state index contributed by atoms with van der Waals surface area (Å²) in [5, 5.41) is 1.71. The van der Waals surface area contributed by atoms with E-state index in [2.05, 4.69) is 0 Å². The maximum atomic E-state index is 12.4. The second-order valence-electron chi connectivity index (χ2n) is 7.58. The Morgan fingerprint density at radius 3 is 2.18 bits per heavy atom. The molecule has 5 nitrogen and oxygen atoms in total. The number of methoxy groups -OCH3 is 1. The standard InChI is InChI=1S/C29H21NO4/c1-32-23-15-11-21(12-16-23)29(31)33-24-17-13-22(14-18-24)30-26-19-28(20-7-3-2-4-8-20)34-27-10-6-5-9-25(26)27/h2-19H,1H3. The minimum absolute atomic E-state index is 0.435. The summed E-state index contributed by atoms with van der Waals surface area (Å²) in [6.45, 7) is 0. The predicted molar refractivity (Wildman–Crippen MR) is 131 cm³/mol. The van der Waals surface area contributed by atoms with Gasteiger partial charge >= 0.3 is 5.97 Å². The van der Waals surface area contributed by atoms with Crippen molar-refractivity contribution in [2.24, 2.45) is 4.99 Å². The molecule has 0 spiro atoms. The van der Waals surface area contributed by atoms with Gasteiger partial charge < -0.3 is 13.9 Å². The number of carbonyl (C=O) groups is 1. The van der Waals surface area contributed by atoms with Crippen molar-refractivity contribution in [3.8, 4) is 22.8 Å². The second-order valence-corrected chi connectivity index (χ2v) is 7.58. The highest BCUT2D eigenvalue weighted by molar-refractivity contribution is 5.91. The van der Waals surface area contributed by atoms with Gasteiger partial charge in [0.25, 0.3) is 0 Å². The van der Waals surface area contributed by atoms with Gasteiger partial charge in [0.1, 0.15) is 22.8 Å². The number of fused-ring (bicyclic) bond motifs is 1. The topological polar surface area (TPSA) is 61.0 Å². The fraction of sp³-hybridized carbons (Fsp3) is 0.0345. The van der Waals surface area contributed by atoms with Crippen LogP contribution in [0.2, 0.25) is 0 Å². The van der Waals surface area contributed by atoms with E-state index in [4.69, 9.17) is 18.9 Å². The lowest BCUT2D eigenvalue weighted by Gasteiger charge is -2.06. The van der Waals surface area contributed by atoms with E-state index in [0.717, 1.165) is 33.3 Å². The van der Waals surface area contributed by atoms with Gasteiger partial charge in [-0.15, -0.1) is 0 Å². The minimum atomic E-state index is -0.435. The van der Waals surface area contributed by atoms with Crippen LogP contribution in [0.3, 0.4) is 0 Å². The van der Waals surface area contributed by atoms with Crippen LogP contribution in [0, 0.1) is 0 Å². The second kappa shape index (κ2) is 9.46. The first-order chi connectivity index (χ1) is 16.7. The Kier molecular flexibility index (Phi) is 5.91. The first-order valence-electron chi connectivity index (χ1n) is 10.8. The van der Waals surface area contributed by atoms with Gasteiger partial charge in [0, 0.05) is 17.0 Å². The zero-order valence-corrected chi connectivity index (χ0v) is 18.5. The SMILES string of the molecule is COc1ccc(C(=O)Oc2ccc(N=c3cc(-c4ccccc4)oc4ccccc34)cc2)cc1. The summed E-state index contributed by atoms with van der Waals surface area (Å²) in [6, 6.07) is 33.6. The van der Waals surface area contributed by atoms with Crippen molar-refractivity contribution in [2.75, 3.05) is 7.11 Å². The van der Waals surface area contributed by atoms with Crippen LogP contribution >= 0.6 is 0 Å². The number of para-hydroxylation sites is 1. The van der Waals surface area contributed by atoms with E-state index in [1.807, 2.05) is 72.8 Å². The first-order valence-corrected chi connectivity index (χ1v) is 10.8. The van der Waals surface area contributed by atoms with Gasteiger partial charge in [0.05, 0.1) is 23.7 Å². The molecule has 5 heteroatoms. The van der Waals surface area contributed by atoms with E-state index >= 15 is 0 Å². The average molecular weight is 447 g/mol. The zero-order valence-electron chi connectivity index (χ0n) is 18.5. The van der Waals surface area contributed by atoms with Crippen molar-refractivity contribution in [1.82, 2.24) is 0 Å². The van der Waals surface area contributed by atoms with Crippen molar-refractivity contribution < 1.29 is 18.7 Å². The first kappa shape index (κ1) is 21.2. The van der Waals surface area contributed by atoms with Crippen molar-refractivity contribution in [2.45, 2.75) is 0 Å². The molecule has 0 saturated heterocycles.